The van der Waals surface area contributed by atoms with Gasteiger partial charge in [0.25, 0.3) is 5.91 Å². The van der Waals surface area contributed by atoms with Crippen molar-refractivity contribution in [1.29, 1.82) is 0 Å². The Labute approximate surface area is 171 Å². The molecule has 1 fully saturated rings. The first-order chi connectivity index (χ1) is 13.4. The van der Waals surface area contributed by atoms with Crippen LogP contribution in [0.3, 0.4) is 0 Å². The number of carbonyl (C=O) groups is 1. The number of hydrogen-bond acceptors (Lipinski definition) is 4. The van der Waals surface area contributed by atoms with Gasteiger partial charge in [-0.2, -0.15) is 4.31 Å². The average Bonchev–Trinajstić information content (AvgIpc) is 2.69. The van der Waals surface area contributed by atoms with Crippen LogP contribution in [0.4, 0.5) is 5.69 Å². The van der Waals surface area contributed by atoms with Gasteiger partial charge in [-0.15, -0.1) is 11.8 Å². The number of para-hydroxylation sites is 1. The van der Waals surface area contributed by atoms with Gasteiger partial charge in [-0.3, -0.25) is 4.79 Å². The number of amides is 1. The van der Waals surface area contributed by atoms with Crippen molar-refractivity contribution in [3.8, 4) is 0 Å². The number of aryl methyl sites for hydroxylation is 1. The predicted octanol–water partition coefficient (Wildman–Crippen LogP) is 1.24. The summed E-state index contributed by atoms with van der Waals surface area (Å²) in [6.45, 7) is 4.33. The van der Waals surface area contributed by atoms with E-state index in [1.54, 1.807) is 23.9 Å². The number of nitrogens with zero attached hydrogens (tertiary/aromatic N) is 1. The van der Waals surface area contributed by atoms with E-state index in [-0.39, 0.29) is 5.91 Å². The van der Waals surface area contributed by atoms with Gasteiger partial charge in [-0.25, -0.2) is 8.42 Å². The number of rotatable bonds is 6. The minimum absolute atomic E-state index is 0.0497. The molecule has 0 atom stereocenters. The fourth-order valence-corrected chi connectivity index (χ4v) is 5.24. The maximum atomic E-state index is 12.8. The molecule has 0 unspecified atom stereocenters. The summed E-state index contributed by atoms with van der Waals surface area (Å²) in [7, 11) is -3.47. The fourth-order valence-electron chi connectivity index (χ4n) is 3.25. The zero-order chi connectivity index (χ0) is 20.1. The number of benzene rings is 2. The number of quaternary nitrogens is 1. The molecule has 0 saturated carbocycles. The number of thioether (sulfide) groups is 1. The first kappa shape index (κ1) is 20.9. The molecule has 0 spiro atoms. The van der Waals surface area contributed by atoms with Gasteiger partial charge in [0, 0.05) is 4.90 Å². The summed E-state index contributed by atoms with van der Waals surface area (Å²) in [6.07, 6.45) is 1.98. The zero-order valence-corrected chi connectivity index (χ0v) is 17.8. The molecule has 0 bridgehead atoms. The van der Waals surface area contributed by atoms with Crippen LogP contribution < -0.4 is 10.2 Å². The van der Waals surface area contributed by atoms with Crippen molar-refractivity contribution in [2.45, 2.75) is 16.7 Å². The lowest BCUT2D eigenvalue weighted by atomic mass is 10.2. The summed E-state index contributed by atoms with van der Waals surface area (Å²) >= 11 is 1.59. The van der Waals surface area contributed by atoms with Crippen molar-refractivity contribution >= 4 is 33.4 Å². The molecule has 1 heterocycles. The van der Waals surface area contributed by atoms with E-state index in [2.05, 4.69) is 5.32 Å². The van der Waals surface area contributed by atoms with Crippen molar-refractivity contribution in [3.63, 3.8) is 0 Å². The first-order valence-corrected chi connectivity index (χ1v) is 11.9. The lowest BCUT2D eigenvalue weighted by Crippen LogP contribution is -3.15. The molecule has 3 rings (SSSR count). The minimum atomic E-state index is -3.47. The van der Waals surface area contributed by atoms with Crippen molar-refractivity contribution in [3.05, 3.63) is 54.1 Å². The van der Waals surface area contributed by atoms with Crippen LogP contribution in [-0.2, 0) is 14.8 Å². The number of anilines is 1. The van der Waals surface area contributed by atoms with Crippen LogP contribution in [0, 0.1) is 6.92 Å². The molecule has 2 aromatic carbocycles. The largest absolute Gasteiger partial charge is 0.325 e. The van der Waals surface area contributed by atoms with Crippen molar-refractivity contribution < 1.29 is 18.1 Å². The summed E-state index contributed by atoms with van der Waals surface area (Å²) < 4.78 is 27.1. The third-order valence-corrected chi connectivity index (χ3v) is 7.59. The number of nitrogens with one attached hydrogen (secondary N) is 2. The monoisotopic (exact) mass is 420 g/mol. The van der Waals surface area contributed by atoms with E-state index in [0.29, 0.717) is 37.6 Å². The quantitative estimate of drug-likeness (QED) is 0.690. The molecule has 150 valence electrons. The lowest BCUT2D eigenvalue weighted by Gasteiger charge is -2.31. The summed E-state index contributed by atoms with van der Waals surface area (Å²) in [6, 6.07) is 14.6. The normalized spacial score (nSPS) is 16.1. The maximum Gasteiger partial charge on any atom is 0.279 e. The Morgan fingerprint density at radius 1 is 1.11 bits per heavy atom. The van der Waals surface area contributed by atoms with Crippen LogP contribution in [0.15, 0.2) is 58.3 Å². The Hall–Kier alpha value is -1.87. The van der Waals surface area contributed by atoms with E-state index in [1.807, 2.05) is 49.6 Å². The Kier molecular flexibility index (Phi) is 6.77. The van der Waals surface area contributed by atoms with Crippen LogP contribution in [0.5, 0.6) is 0 Å². The highest BCUT2D eigenvalue weighted by Gasteiger charge is 2.31. The van der Waals surface area contributed by atoms with Crippen LogP contribution in [-0.4, -0.2) is 57.6 Å². The average molecular weight is 421 g/mol. The molecule has 1 aliphatic heterocycles. The van der Waals surface area contributed by atoms with Crippen molar-refractivity contribution in [2.24, 2.45) is 0 Å². The predicted molar refractivity (Wildman–Crippen MR) is 112 cm³/mol. The Morgan fingerprint density at radius 2 is 1.75 bits per heavy atom. The van der Waals surface area contributed by atoms with E-state index in [0.717, 1.165) is 21.0 Å². The standard InChI is InChI=1S/C20H25N3O3S2/c1-16-7-9-17(10-8-16)28(25,26)23-13-11-22(12-14-23)15-20(24)21-18-5-3-4-6-19(18)27-2/h3-10H,11-15H2,1-2H3,(H,21,24)/p+1. The number of carbonyl (C=O) groups excluding carboxylic acids is 1. The summed E-state index contributed by atoms with van der Waals surface area (Å²) in [5.41, 5.74) is 1.85. The molecular weight excluding hydrogens is 394 g/mol. The molecular formula is C20H26N3O3S2+. The lowest BCUT2D eigenvalue weighted by molar-refractivity contribution is -0.895. The van der Waals surface area contributed by atoms with Gasteiger partial charge in [-0.05, 0) is 37.4 Å². The highest BCUT2D eigenvalue weighted by atomic mass is 32.2. The first-order valence-electron chi connectivity index (χ1n) is 9.23. The van der Waals surface area contributed by atoms with Gasteiger partial charge < -0.3 is 10.2 Å². The summed E-state index contributed by atoms with van der Waals surface area (Å²) in [5, 5.41) is 2.97. The van der Waals surface area contributed by atoms with E-state index in [1.165, 1.54) is 4.31 Å². The van der Waals surface area contributed by atoms with Crippen LogP contribution in [0.25, 0.3) is 0 Å². The number of piperazine rings is 1. The third kappa shape index (κ3) is 4.94. The summed E-state index contributed by atoms with van der Waals surface area (Å²) in [4.78, 5) is 14.9. The van der Waals surface area contributed by atoms with Gasteiger partial charge in [0.1, 0.15) is 0 Å². The Bertz CT molecular complexity index is 922. The molecule has 2 aromatic rings. The van der Waals surface area contributed by atoms with Crippen molar-refractivity contribution in [1.82, 2.24) is 4.31 Å². The highest BCUT2D eigenvalue weighted by molar-refractivity contribution is 7.98. The van der Waals surface area contributed by atoms with Gasteiger partial charge in [-0.1, -0.05) is 29.8 Å². The second kappa shape index (κ2) is 9.09. The molecule has 6 nitrogen and oxygen atoms in total. The zero-order valence-electron chi connectivity index (χ0n) is 16.1. The topological polar surface area (TPSA) is 70.9 Å². The van der Waals surface area contributed by atoms with Gasteiger partial charge >= 0.3 is 0 Å². The van der Waals surface area contributed by atoms with E-state index >= 15 is 0 Å². The molecule has 1 aliphatic rings. The molecule has 0 radical (unpaired) electrons. The molecule has 2 N–H and O–H groups in total. The molecule has 1 saturated heterocycles. The molecule has 8 heteroatoms. The second-order valence-corrected chi connectivity index (χ2v) is 9.68. The van der Waals surface area contributed by atoms with Crippen LogP contribution in [0.1, 0.15) is 5.56 Å². The number of sulfonamides is 1. The van der Waals surface area contributed by atoms with Gasteiger partial charge in [0.2, 0.25) is 10.0 Å². The van der Waals surface area contributed by atoms with Crippen LogP contribution >= 0.6 is 11.8 Å². The third-order valence-electron chi connectivity index (χ3n) is 4.88. The van der Waals surface area contributed by atoms with Gasteiger partial charge in [0.05, 0.1) is 36.8 Å². The summed E-state index contributed by atoms with van der Waals surface area (Å²) in [5.74, 6) is -0.0497. The molecule has 28 heavy (non-hydrogen) atoms. The smallest absolute Gasteiger partial charge is 0.279 e. The molecule has 0 aliphatic carbocycles. The SMILES string of the molecule is CSc1ccccc1NC(=O)C[NH+]1CCN(S(=O)(=O)c2ccc(C)cc2)CC1. The van der Waals surface area contributed by atoms with Gasteiger partial charge in [0.15, 0.2) is 6.54 Å². The van der Waals surface area contributed by atoms with Crippen molar-refractivity contribution in [2.75, 3.05) is 44.3 Å². The van der Waals surface area contributed by atoms with E-state index < -0.39 is 10.0 Å². The Morgan fingerprint density at radius 3 is 2.39 bits per heavy atom. The maximum absolute atomic E-state index is 12.8. The molecule has 0 aromatic heterocycles. The van der Waals surface area contributed by atoms with Crippen LogP contribution in [0.2, 0.25) is 0 Å². The van der Waals surface area contributed by atoms with E-state index in [4.69, 9.17) is 0 Å². The molecule has 1 amide bonds. The fraction of sp³-hybridized carbons (Fsp3) is 0.350. The van der Waals surface area contributed by atoms with E-state index in [9.17, 15) is 13.2 Å². The Balaban J connectivity index is 1.55. The number of hydrogen-bond donors (Lipinski definition) is 2. The minimum Gasteiger partial charge on any atom is -0.325 e. The highest BCUT2D eigenvalue weighted by Crippen LogP contribution is 2.24. The second-order valence-electron chi connectivity index (χ2n) is 6.89.